The fourth-order valence-electron chi connectivity index (χ4n) is 4.61. The monoisotopic (exact) mass is 617 g/mol. The Kier molecular flexibility index (Phi) is 10.0. The molecule has 220 valence electrons. The third kappa shape index (κ3) is 7.77. The van der Waals surface area contributed by atoms with E-state index in [1.165, 1.54) is 30.6 Å². The molecule has 0 aliphatic rings. The van der Waals surface area contributed by atoms with E-state index in [1.807, 2.05) is 42.5 Å². The summed E-state index contributed by atoms with van der Waals surface area (Å²) in [6.45, 7) is 0.541. The van der Waals surface area contributed by atoms with Gasteiger partial charge in [0.15, 0.2) is 11.6 Å². The highest BCUT2D eigenvalue weighted by Crippen LogP contribution is 2.40. The number of alkyl halides is 1. The van der Waals surface area contributed by atoms with Crippen molar-refractivity contribution < 1.29 is 28.2 Å². The van der Waals surface area contributed by atoms with E-state index in [-0.39, 0.29) is 36.6 Å². The SMILES string of the molecule is COc1ccccc1CC(=O)CC(=O)Cc1ccc(Oc2ccnc3cc(-c4cccc(OCCCCl)c4)sc23)c(F)c1. The van der Waals surface area contributed by atoms with Gasteiger partial charge in [0.2, 0.25) is 0 Å². The molecule has 9 heteroatoms. The van der Waals surface area contributed by atoms with Gasteiger partial charge in [-0.2, -0.15) is 0 Å². The van der Waals surface area contributed by atoms with E-state index < -0.39 is 5.82 Å². The minimum absolute atomic E-state index is 0.0283. The summed E-state index contributed by atoms with van der Waals surface area (Å²) in [5.74, 6) is 1.28. The number of hydrogen-bond acceptors (Lipinski definition) is 7. The van der Waals surface area contributed by atoms with Crippen molar-refractivity contribution in [2.75, 3.05) is 19.6 Å². The lowest BCUT2D eigenvalue weighted by molar-refractivity contribution is -0.126. The molecular weight excluding hydrogens is 589 g/mol. The van der Waals surface area contributed by atoms with Gasteiger partial charge in [0.25, 0.3) is 0 Å². The maximum Gasteiger partial charge on any atom is 0.166 e. The van der Waals surface area contributed by atoms with Gasteiger partial charge in [0.1, 0.15) is 28.8 Å². The summed E-state index contributed by atoms with van der Waals surface area (Å²) in [5.41, 5.74) is 2.88. The topological polar surface area (TPSA) is 74.7 Å². The van der Waals surface area contributed by atoms with Crippen LogP contribution in [0.1, 0.15) is 24.0 Å². The Labute approximate surface area is 258 Å². The second-order valence-electron chi connectivity index (χ2n) is 9.84. The van der Waals surface area contributed by atoms with Crippen LogP contribution in [-0.2, 0) is 22.4 Å². The molecule has 0 fully saturated rings. The van der Waals surface area contributed by atoms with Gasteiger partial charge in [-0.1, -0.05) is 36.4 Å². The predicted octanol–water partition coefficient (Wildman–Crippen LogP) is 8.22. The summed E-state index contributed by atoms with van der Waals surface area (Å²) < 4.78 is 32.9. The van der Waals surface area contributed by atoms with Crippen LogP contribution in [0, 0.1) is 5.82 Å². The number of methoxy groups -OCH3 is 1. The molecule has 3 aromatic carbocycles. The summed E-state index contributed by atoms with van der Waals surface area (Å²) in [5, 5.41) is 0. The van der Waals surface area contributed by atoms with Crippen molar-refractivity contribution >= 4 is 44.7 Å². The Balaban J connectivity index is 1.25. The molecule has 0 amide bonds. The molecule has 0 atom stereocenters. The molecule has 0 unspecified atom stereocenters. The number of ketones is 2. The van der Waals surface area contributed by atoms with Crippen molar-refractivity contribution in [2.45, 2.75) is 25.7 Å². The molecule has 43 heavy (non-hydrogen) atoms. The minimum atomic E-state index is -0.603. The highest BCUT2D eigenvalue weighted by molar-refractivity contribution is 7.22. The first-order valence-corrected chi connectivity index (χ1v) is 15.1. The Morgan fingerprint density at radius 2 is 1.74 bits per heavy atom. The first-order chi connectivity index (χ1) is 20.9. The lowest BCUT2D eigenvalue weighted by atomic mass is 10.0. The summed E-state index contributed by atoms with van der Waals surface area (Å²) in [7, 11) is 1.53. The van der Waals surface area contributed by atoms with Crippen molar-refractivity contribution in [1.82, 2.24) is 4.98 Å². The molecule has 6 nitrogen and oxygen atoms in total. The second kappa shape index (κ2) is 14.3. The molecule has 5 aromatic rings. The molecule has 0 saturated carbocycles. The number of Topliss-reactive ketones (excluding diaryl/α,β-unsaturated/α-hetero) is 2. The number of ether oxygens (including phenoxy) is 3. The normalized spacial score (nSPS) is 11.0. The highest BCUT2D eigenvalue weighted by Gasteiger charge is 2.16. The first-order valence-electron chi connectivity index (χ1n) is 13.7. The summed E-state index contributed by atoms with van der Waals surface area (Å²) in [4.78, 5) is 30.5. The number of benzene rings is 3. The van der Waals surface area contributed by atoms with E-state index in [4.69, 9.17) is 25.8 Å². The molecule has 0 aliphatic heterocycles. The average molecular weight is 618 g/mol. The Bertz CT molecular complexity index is 1750. The number of carbonyl (C=O) groups excluding carboxylic acids is 2. The number of fused-ring (bicyclic) bond motifs is 1. The molecule has 0 N–H and O–H groups in total. The minimum Gasteiger partial charge on any atom is -0.496 e. The zero-order chi connectivity index (χ0) is 30.2. The van der Waals surface area contributed by atoms with Crippen LogP contribution >= 0.6 is 22.9 Å². The van der Waals surface area contributed by atoms with E-state index in [0.29, 0.717) is 29.5 Å². The van der Waals surface area contributed by atoms with Gasteiger partial charge in [-0.3, -0.25) is 14.6 Å². The standard InChI is InChI=1S/C34H29ClFNO5S/c1-40-30-9-3-2-6-23(30)18-26(39)20-25(38)16-22-10-11-31(28(36)17-22)42-32-12-14-37-29-21-33(43-34(29)32)24-7-4-8-27(19-24)41-15-5-13-35/h2-4,6-12,14,17,19,21H,5,13,15-16,18,20H2,1H3. The number of para-hydroxylation sites is 1. The number of pyridine rings is 1. The van der Waals surface area contributed by atoms with Crippen molar-refractivity contribution in [3.63, 3.8) is 0 Å². The molecule has 5 rings (SSSR count). The van der Waals surface area contributed by atoms with Crippen LogP contribution in [0.25, 0.3) is 20.7 Å². The summed E-state index contributed by atoms with van der Waals surface area (Å²) >= 11 is 7.24. The molecular formula is C34H29ClFNO5S. The maximum absolute atomic E-state index is 15.1. The van der Waals surface area contributed by atoms with Gasteiger partial charge in [-0.05, 0) is 53.9 Å². The molecule has 0 radical (unpaired) electrons. The summed E-state index contributed by atoms with van der Waals surface area (Å²) in [6.07, 6.45) is 2.17. The zero-order valence-electron chi connectivity index (χ0n) is 23.5. The van der Waals surface area contributed by atoms with Crippen molar-refractivity contribution in [3.05, 3.63) is 102 Å². The molecule has 0 aliphatic carbocycles. The maximum atomic E-state index is 15.1. The fraction of sp³-hybridized carbons (Fsp3) is 0.206. The lowest BCUT2D eigenvalue weighted by Gasteiger charge is -2.09. The van der Waals surface area contributed by atoms with Gasteiger partial charge in [0.05, 0.1) is 30.4 Å². The van der Waals surface area contributed by atoms with Crippen molar-refractivity contribution in [1.29, 1.82) is 0 Å². The van der Waals surface area contributed by atoms with Crippen LogP contribution in [0.5, 0.6) is 23.0 Å². The number of hydrogen-bond donors (Lipinski definition) is 0. The van der Waals surface area contributed by atoms with E-state index >= 15 is 4.39 Å². The van der Waals surface area contributed by atoms with Gasteiger partial charge in [-0.15, -0.1) is 22.9 Å². The van der Waals surface area contributed by atoms with E-state index in [1.54, 1.807) is 30.5 Å². The van der Waals surface area contributed by atoms with E-state index in [9.17, 15) is 9.59 Å². The number of thiophene rings is 1. The number of carbonyl (C=O) groups is 2. The van der Waals surface area contributed by atoms with Gasteiger partial charge in [-0.25, -0.2) is 4.39 Å². The van der Waals surface area contributed by atoms with E-state index in [0.717, 1.165) is 38.4 Å². The van der Waals surface area contributed by atoms with Crippen LogP contribution in [-0.4, -0.2) is 36.1 Å². The molecule has 0 spiro atoms. The zero-order valence-corrected chi connectivity index (χ0v) is 25.1. The second-order valence-corrected chi connectivity index (χ2v) is 11.3. The van der Waals surface area contributed by atoms with Crippen molar-refractivity contribution in [3.8, 4) is 33.4 Å². The number of aromatic nitrogens is 1. The fourth-order valence-corrected chi connectivity index (χ4v) is 5.78. The van der Waals surface area contributed by atoms with Gasteiger partial charge in [0, 0.05) is 41.4 Å². The molecule has 2 heterocycles. The Morgan fingerprint density at radius 3 is 2.56 bits per heavy atom. The average Bonchev–Trinajstić information content (AvgIpc) is 3.45. The van der Waals surface area contributed by atoms with Crippen LogP contribution in [0.4, 0.5) is 4.39 Å². The molecule has 2 aromatic heterocycles. The number of halogens is 2. The quantitative estimate of drug-likeness (QED) is 0.0710. The van der Waals surface area contributed by atoms with Crippen molar-refractivity contribution in [2.24, 2.45) is 0 Å². The predicted molar refractivity (Wildman–Crippen MR) is 167 cm³/mol. The number of rotatable bonds is 14. The lowest BCUT2D eigenvalue weighted by Crippen LogP contribution is -2.13. The third-order valence-corrected chi connectivity index (χ3v) is 8.09. The Hall–Kier alpha value is -4.27. The highest BCUT2D eigenvalue weighted by atomic mass is 35.5. The van der Waals surface area contributed by atoms with Crippen LogP contribution in [0.2, 0.25) is 0 Å². The van der Waals surface area contributed by atoms with Gasteiger partial charge >= 0.3 is 0 Å². The molecule has 0 saturated heterocycles. The number of nitrogens with zero attached hydrogens (tertiary/aromatic N) is 1. The third-order valence-electron chi connectivity index (χ3n) is 6.63. The van der Waals surface area contributed by atoms with E-state index in [2.05, 4.69) is 4.98 Å². The van der Waals surface area contributed by atoms with Crippen LogP contribution in [0.15, 0.2) is 85.1 Å². The van der Waals surface area contributed by atoms with Gasteiger partial charge < -0.3 is 14.2 Å². The first kappa shape index (κ1) is 30.2. The smallest absolute Gasteiger partial charge is 0.166 e. The largest absolute Gasteiger partial charge is 0.496 e. The molecule has 0 bridgehead atoms. The summed E-state index contributed by atoms with van der Waals surface area (Å²) in [6, 6.07) is 23.0. The van der Waals surface area contributed by atoms with Crippen LogP contribution in [0.3, 0.4) is 0 Å². The van der Waals surface area contributed by atoms with Crippen LogP contribution < -0.4 is 14.2 Å². The Morgan fingerprint density at radius 1 is 0.907 bits per heavy atom.